The minimum Gasteiger partial charge on any atom is -0.481 e. The Morgan fingerprint density at radius 2 is 1.41 bits per heavy atom. The fraction of sp³-hybridized carbons (Fsp3) is 0.833. The minimum atomic E-state index is -1.44. The monoisotopic (exact) mass is 246 g/mol. The largest absolute Gasteiger partial charge is 0.481 e. The van der Waals surface area contributed by atoms with Crippen LogP contribution >= 0.6 is 0 Å². The van der Waals surface area contributed by atoms with Gasteiger partial charge in [-0.1, -0.05) is 0 Å². The van der Waals surface area contributed by atoms with Crippen LogP contribution in [0.25, 0.3) is 0 Å². The molecule has 0 rings (SSSR count). The number of ketones is 1. The van der Waals surface area contributed by atoms with E-state index in [9.17, 15) is 9.59 Å². The molecule has 0 heterocycles. The first-order valence-corrected chi connectivity index (χ1v) is 5.69. The highest BCUT2D eigenvalue weighted by molar-refractivity contribution is 5.98. The molecular weight excluding hydrogens is 224 g/mol. The molecule has 0 radical (unpaired) electrons. The lowest BCUT2D eigenvalue weighted by molar-refractivity contribution is -0.278. The molecule has 1 N–H and O–H groups in total. The van der Waals surface area contributed by atoms with Gasteiger partial charge in [-0.2, -0.15) is 0 Å². The van der Waals surface area contributed by atoms with Crippen molar-refractivity contribution in [1.82, 2.24) is 0 Å². The van der Waals surface area contributed by atoms with Crippen molar-refractivity contribution in [3.8, 4) is 0 Å². The van der Waals surface area contributed by atoms with Gasteiger partial charge in [-0.3, -0.25) is 9.59 Å². The standard InChI is InChI=1S/C12H22O5/c1-7(2)16-12(6,17-8(3)4)10(9(5)13)11(14)15/h7-8,10H,1-6H3,(H,14,15). The highest BCUT2D eigenvalue weighted by Crippen LogP contribution is 2.28. The summed E-state index contributed by atoms with van der Waals surface area (Å²) in [6.45, 7) is 9.78. The first-order chi connectivity index (χ1) is 7.60. The molecule has 0 saturated heterocycles. The van der Waals surface area contributed by atoms with Crippen LogP contribution in [0.4, 0.5) is 0 Å². The summed E-state index contributed by atoms with van der Waals surface area (Å²) in [6.07, 6.45) is -0.472. The maximum absolute atomic E-state index is 11.5. The third-order valence-electron chi connectivity index (χ3n) is 2.12. The molecule has 1 unspecified atom stereocenters. The number of Topliss-reactive ketones (excluding diaryl/α,β-unsaturated/α-hetero) is 1. The zero-order chi connectivity index (χ0) is 13.8. The van der Waals surface area contributed by atoms with Crippen molar-refractivity contribution < 1.29 is 24.2 Å². The number of rotatable bonds is 7. The van der Waals surface area contributed by atoms with E-state index < -0.39 is 23.5 Å². The van der Waals surface area contributed by atoms with E-state index in [1.807, 2.05) is 0 Å². The molecular formula is C12H22O5. The van der Waals surface area contributed by atoms with E-state index in [2.05, 4.69) is 0 Å². The van der Waals surface area contributed by atoms with E-state index in [0.29, 0.717) is 0 Å². The number of hydrogen-bond donors (Lipinski definition) is 1. The molecule has 0 bridgehead atoms. The Kier molecular flexibility index (Phi) is 5.78. The van der Waals surface area contributed by atoms with E-state index in [1.165, 1.54) is 13.8 Å². The summed E-state index contributed by atoms with van der Waals surface area (Å²) in [4.78, 5) is 22.6. The summed E-state index contributed by atoms with van der Waals surface area (Å²) in [5.74, 6) is -4.49. The highest BCUT2D eigenvalue weighted by atomic mass is 16.7. The van der Waals surface area contributed by atoms with Crippen molar-refractivity contribution in [1.29, 1.82) is 0 Å². The van der Waals surface area contributed by atoms with Crippen molar-refractivity contribution in [2.24, 2.45) is 5.92 Å². The van der Waals surface area contributed by atoms with Crippen molar-refractivity contribution in [2.75, 3.05) is 0 Å². The number of hydrogen-bond acceptors (Lipinski definition) is 4. The highest BCUT2D eigenvalue weighted by Gasteiger charge is 2.46. The van der Waals surface area contributed by atoms with E-state index in [4.69, 9.17) is 14.6 Å². The molecule has 0 spiro atoms. The average molecular weight is 246 g/mol. The van der Waals surface area contributed by atoms with Gasteiger partial charge < -0.3 is 14.6 Å². The van der Waals surface area contributed by atoms with Gasteiger partial charge in [0.15, 0.2) is 11.7 Å². The van der Waals surface area contributed by atoms with Crippen LogP contribution in [0.3, 0.4) is 0 Å². The Bertz CT molecular complexity index is 259. The van der Waals surface area contributed by atoms with Crippen LogP contribution in [0.1, 0.15) is 41.5 Å². The number of carboxylic acid groups (broad SMARTS) is 1. The van der Waals surface area contributed by atoms with Gasteiger partial charge in [0.1, 0.15) is 5.78 Å². The van der Waals surface area contributed by atoms with E-state index >= 15 is 0 Å². The van der Waals surface area contributed by atoms with Gasteiger partial charge in [0.05, 0.1) is 12.2 Å². The smallest absolute Gasteiger partial charge is 0.319 e. The lowest BCUT2D eigenvalue weighted by atomic mass is 9.95. The SMILES string of the molecule is CC(=O)C(C(=O)O)C(C)(OC(C)C)OC(C)C. The maximum Gasteiger partial charge on any atom is 0.319 e. The third kappa shape index (κ3) is 4.83. The van der Waals surface area contributed by atoms with Crippen LogP contribution in [0, 0.1) is 5.92 Å². The fourth-order valence-corrected chi connectivity index (χ4v) is 1.87. The summed E-state index contributed by atoms with van der Waals surface area (Å²) in [6, 6.07) is 0. The van der Waals surface area contributed by atoms with E-state index in [0.717, 1.165) is 0 Å². The normalized spacial score (nSPS) is 14.1. The molecule has 17 heavy (non-hydrogen) atoms. The molecule has 0 aliphatic carbocycles. The summed E-state index contributed by atoms with van der Waals surface area (Å²) < 4.78 is 11.0. The van der Waals surface area contributed by atoms with Gasteiger partial charge in [-0.15, -0.1) is 0 Å². The van der Waals surface area contributed by atoms with Gasteiger partial charge in [0.2, 0.25) is 0 Å². The zero-order valence-corrected chi connectivity index (χ0v) is 11.3. The summed E-state index contributed by atoms with van der Waals surface area (Å²) in [5.41, 5.74) is 0. The Morgan fingerprint density at radius 3 is 1.59 bits per heavy atom. The van der Waals surface area contributed by atoms with Crippen LogP contribution in [0.5, 0.6) is 0 Å². The fourth-order valence-electron chi connectivity index (χ4n) is 1.87. The third-order valence-corrected chi connectivity index (χ3v) is 2.12. The zero-order valence-electron chi connectivity index (χ0n) is 11.3. The minimum absolute atomic E-state index is 0.236. The molecule has 0 saturated carbocycles. The summed E-state index contributed by atoms with van der Waals surface area (Å²) in [5, 5.41) is 9.12. The molecule has 0 aromatic rings. The number of aliphatic carboxylic acids is 1. The Balaban J connectivity index is 5.24. The van der Waals surface area contributed by atoms with Crippen molar-refractivity contribution >= 4 is 11.8 Å². The molecule has 5 nitrogen and oxygen atoms in total. The second-order valence-corrected chi connectivity index (χ2v) is 4.73. The van der Waals surface area contributed by atoms with E-state index in [1.54, 1.807) is 27.7 Å². The first-order valence-electron chi connectivity index (χ1n) is 5.69. The predicted molar refractivity (Wildman–Crippen MR) is 62.7 cm³/mol. The molecule has 5 heteroatoms. The Hall–Kier alpha value is -0.940. The van der Waals surface area contributed by atoms with E-state index in [-0.39, 0.29) is 12.2 Å². The maximum atomic E-state index is 11.5. The second-order valence-electron chi connectivity index (χ2n) is 4.73. The number of carbonyl (C=O) groups excluding carboxylic acids is 1. The summed E-state index contributed by atoms with van der Waals surface area (Å²) in [7, 11) is 0. The molecule has 0 aliphatic rings. The van der Waals surface area contributed by atoms with Crippen molar-refractivity contribution in [3.63, 3.8) is 0 Å². The molecule has 0 aromatic carbocycles. The number of ether oxygens (including phenoxy) is 2. The molecule has 100 valence electrons. The Labute approximate surface area is 102 Å². The number of carbonyl (C=O) groups is 2. The predicted octanol–water partition coefficient (Wildman–Crippen LogP) is 1.84. The van der Waals surface area contributed by atoms with Crippen molar-refractivity contribution in [2.45, 2.75) is 59.5 Å². The van der Waals surface area contributed by atoms with Gasteiger partial charge >= 0.3 is 5.97 Å². The van der Waals surface area contributed by atoms with Gasteiger partial charge in [0.25, 0.3) is 0 Å². The quantitative estimate of drug-likeness (QED) is 0.548. The molecule has 0 fully saturated rings. The lowest BCUT2D eigenvalue weighted by Gasteiger charge is -2.36. The molecule has 0 amide bonds. The van der Waals surface area contributed by atoms with Crippen LogP contribution in [0.15, 0.2) is 0 Å². The topological polar surface area (TPSA) is 72.8 Å². The van der Waals surface area contributed by atoms with Gasteiger partial charge in [0, 0.05) is 0 Å². The van der Waals surface area contributed by atoms with Crippen LogP contribution in [-0.4, -0.2) is 34.9 Å². The van der Waals surface area contributed by atoms with Gasteiger partial charge in [-0.05, 0) is 41.5 Å². The van der Waals surface area contributed by atoms with Gasteiger partial charge in [-0.25, -0.2) is 0 Å². The Morgan fingerprint density at radius 1 is 1.06 bits per heavy atom. The lowest BCUT2D eigenvalue weighted by Crippen LogP contribution is -2.50. The van der Waals surface area contributed by atoms with Crippen LogP contribution in [-0.2, 0) is 19.1 Å². The molecule has 1 atom stereocenters. The molecule has 0 aromatic heterocycles. The number of carboxylic acids is 1. The van der Waals surface area contributed by atoms with Crippen LogP contribution < -0.4 is 0 Å². The van der Waals surface area contributed by atoms with Crippen LogP contribution in [0.2, 0.25) is 0 Å². The molecule has 0 aliphatic heterocycles. The average Bonchev–Trinajstić information content (AvgIpc) is 1.95. The van der Waals surface area contributed by atoms with Crippen molar-refractivity contribution in [3.05, 3.63) is 0 Å². The first kappa shape index (κ1) is 16.1. The second kappa shape index (κ2) is 6.12. The summed E-state index contributed by atoms with van der Waals surface area (Å²) >= 11 is 0.